The van der Waals surface area contributed by atoms with E-state index < -0.39 is 0 Å². The lowest BCUT2D eigenvalue weighted by Crippen LogP contribution is -2.14. The first-order valence-corrected chi connectivity index (χ1v) is 31.9. The Labute approximate surface area is 529 Å². The summed E-state index contributed by atoms with van der Waals surface area (Å²) in [5.41, 5.74) is 18.5. The minimum atomic E-state index is -0.0149. The second-order valence-electron chi connectivity index (χ2n) is 28.9. The maximum absolute atomic E-state index is 3.74. The molecule has 0 fully saturated rings. The van der Waals surface area contributed by atoms with Gasteiger partial charge in [0.1, 0.15) is 0 Å². The molecule has 90 heavy (non-hydrogen) atoms. The van der Waals surface area contributed by atoms with Crippen molar-refractivity contribution in [2.45, 2.75) is 105 Å². The van der Waals surface area contributed by atoms with Crippen LogP contribution in [-0.2, 0) is 21.7 Å². The molecule has 0 radical (unpaired) electrons. The summed E-state index contributed by atoms with van der Waals surface area (Å²) >= 11 is 0. The Morgan fingerprint density at radius 2 is 0.633 bits per heavy atom. The van der Waals surface area contributed by atoms with Gasteiger partial charge in [0, 0.05) is 59.9 Å². The molecule has 0 atom stereocenters. The van der Waals surface area contributed by atoms with Crippen LogP contribution in [0.5, 0.6) is 0 Å². The zero-order valence-corrected chi connectivity index (χ0v) is 53.9. The van der Waals surface area contributed by atoms with Crippen LogP contribution >= 0.6 is 0 Å². The molecule has 0 spiro atoms. The van der Waals surface area contributed by atoms with Gasteiger partial charge in [0.2, 0.25) is 0 Å². The van der Waals surface area contributed by atoms with Crippen LogP contribution < -0.4 is 9.80 Å². The number of anilines is 6. The van der Waals surface area contributed by atoms with Crippen molar-refractivity contribution in [3.63, 3.8) is 0 Å². The standard InChI is InChI=1S/C86H76N4/c1-83(2,3)57-38-42-79-69(50-57)70-51-58(84(4,5)6)39-43-80(70)89(79)77-48-46-75(65-32-17-19-34-67(65)77)87(73-36-21-26-55-24-13-15-30-63(55)73)61-28-23-29-62(54-61)88(74-37-22-27-56-25-14-16-31-64(56)74)76-47-49-78(68-35-20-18-33-66(68)76)90-81-44-40-59(85(7,8)9)52-71(81)72-53-60(86(10,11)12)41-45-82(72)90/h13-17,19-32,34-54H,1-12H3. The summed E-state index contributed by atoms with van der Waals surface area (Å²) in [7, 11) is 0. The molecule has 0 aliphatic rings. The van der Waals surface area contributed by atoms with Gasteiger partial charge in [-0.25, -0.2) is 0 Å². The molecule has 0 N–H and O–H groups in total. The Hall–Kier alpha value is -10.1. The van der Waals surface area contributed by atoms with Crippen molar-refractivity contribution in [1.82, 2.24) is 9.13 Å². The Kier molecular flexibility index (Phi) is 13.0. The highest BCUT2D eigenvalue weighted by atomic mass is 15.2. The fourth-order valence-corrected chi connectivity index (χ4v) is 14.0. The van der Waals surface area contributed by atoms with Crippen LogP contribution in [0, 0.1) is 12.1 Å². The molecule has 13 aromatic carbocycles. The van der Waals surface area contributed by atoms with Crippen LogP contribution in [0.4, 0.5) is 34.1 Å². The summed E-state index contributed by atoms with van der Waals surface area (Å²) < 4.78 is 4.99. The summed E-state index contributed by atoms with van der Waals surface area (Å²) in [4.78, 5) is 4.95. The molecule has 0 unspecified atom stereocenters. The van der Waals surface area contributed by atoms with Gasteiger partial charge in [0.15, 0.2) is 0 Å². The Morgan fingerprint density at radius 3 is 1.08 bits per heavy atom. The van der Waals surface area contributed by atoms with Gasteiger partial charge in [-0.15, -0.1) is 0 Å². The van der Waals surface area contributed by atoms with Crippen molar-refractivity contribution >= 4 is 121 Å². The number of hydrogen-bond acceptors (Lipinski definition) is 2. The van der Waals surface area contributed by atoms with Crippen molar-refractivity contribution in [3.8, 4) is 11.4 Å². The normalized spacial score (nSPS) is 12.6. The van der Waals surface area contributed by atoms with Crippen LogP contribution in [-0.4, -0.2) is 9.13 Å². The van der Waals surface area contributed by atoms with Gasteiger partial charge in [-0.3, -0.25) is 0 Å². The minimum Gasteiger partial charge on any atom is -0.309 e. The van der Waals surface area contributed by atoms with Gasteiger partial charge >= 0.3 is 0 Å². The lowest BCUT2D eigenvalue weighted by Gasteiger charge is -2.32. The number of nitrogens with zero attached hydrogens (tertiary/aromatic N) is 4. The van der Waals surface area contributed by atoms with Gasteiger partial charge < -0.3 is 18.9 Å². The highest BCUT2D eigenvalue weighted by molar-refractivity contribution is 6.15. The van der Waals surface area contributed by atoms with Crippen LogP contribution in [0.25, 0.3) is 98.1 Å². The minimum absolute atomic E-state index is 0.00872. The Bertz CT molecular complexity index is 4880. The van der Waals surface area contributed by atoms with Crippen molar-refractivity contribution in [2.75, 3.05) is 9.80 Å². The maximum Gasteiger partial charge on any atom is 0.0626 e. The molecule has 4 nitrogen and oxygen atoms in total. The Balaban J connectivity index is 0.958. The van der Waals surface area contributed by atoms with Crippen molar-refractivity contribution in [2.24, 2.45) is 0 Å². The van der Waals surface area contributed by atoms with E-state index in [4.69, 9.17) is 0 Å². The van der Waals surface area contributed by atoms with Crippen molar-refractivity contribution < 1.29 is 0 Å². The Morgan fingerprint density at radius 1 is 0.278 bits per heavy atom. The van der Waals surface area contributed by atoms with E-state index >= 15 is 0 Å². The van der Waals surface area contributed by atoms with Crippen LogP contribution in [0.1, 0.15) is 105 Å². The monoisotopic (exact) mass is 1160 g/mol. The first-order chi connectivity index (χ1) is 43.2. The van der Waals surface area contributed by atoms with E-state index in [0.717, 1.165) is 72.4 Å². The summed E-state index contributed by atoms with van der Waals surface area (Å²) in [6.07, 6.45) is 0. The quantitative estimate of drug-likeness (QED) is 0.151. The van der Waals surface area contributed by atoms with E-state index in [1.807, 2.05) is 6.07 Å². The lowest BCUT2D eigenvalue weighted by atomic mass is 9.85. The lowest BCUT2D eigenvalue weighted by molar-refractivity contribution is 0.590. The third-order valence-corrected chi connectivity index (χ3v) is 18.9. The van der Waals surface area contributed by atoms with Gasteiger partial charge in [0.25, 0.3) is 0 Å². The van der Waals surface area contributed by atoms with Crippen LogP contribution in [0.15, 0.2) is 243 Å². The molecular formula is C86H76N4. The topological polar surface area (TPSA) is 16.3 Å². The third-order valence-electron chi connectivity index (χ3n) is 18.9. The average Bonchev–Trinajstić information content (AvgIpc) is 1.55. The average molecular weight is 1170 g/mol. The zero-order chi connectivity index (χ0) is 62.2. The van der Waals surface area contributed by atoms with E-state index in [2.05, 4.69) is 351 Å². The summed E-state index contributed by atoms with van der Waals surface area (Å²) in [5, 5.41) is 14.1. The maximum atomic E-state index is 3.74. The van der Waals surface area contributed by atoms with Crippen molar-refractivity contribution in [1.29, 1.82) is 0 Å². The van der Waals surface area contributed by atoms with E-state index in [0.29, 0.717) is 0 Å². The molecule has 2 aromatic heterocycles. The second kappa shape index (κ2) is 20.8. The predicted molar refractivity (Wildman–Crippen MR) is 387 cm³/mol. The predicted octanol–water partition coefficient (Wildman–Crippen LogP) is 24.2. The molecule has 0 aliphatic carbocycles. The van der Waals surface area contributed by atoms with Gasteiger partial charge in [0.05, 0.1) is 61.6 Å². The first-order valence-electron chi connectivity index (χ1n) is 31.9. The molecule has 4 heteroatoms. The molecule has 440 valence electrons. The molecule has 2 heterocycles. The number of fused-ring (bicyclic) bond motifs is 10. The summed E-state index contributed by atoms with van der Waals surface area (Å²) in [5.74, 6) is 0. The highest BCUT2D eigenvalue weighted by Crippen LogP contribution is 2.50. The first kappa shape index (κ1) is 56.4. The van der Waals surface area contributed by atoms with Gasteiger partial charge in [-0.05, 0) is 170 Å². The van der Waals surface area contributed by atoms with Crippen LogP contribution in [0.2, 0.25) is 0 Å². The van der Waals surface area contributed by atoms with Gasteiger partial charge in [-0.2, -0.15) is 0 Å². The molecular weight excluding hydrogens is 1090 g/mol. The van der Waals surface area contributed by atoms with E-state index in [1.54, 1.807) is 0 Å². The van der Waals surface area contributed by atoms with Crippen LogP contribution in [0.3, 0.4) is 0 Å². The van der Waals surface area contributed by atoms with E-state index in [1.165, 1.54) is 82.0 Å². The molecule has 15 rings (SSSR count). The highest BCUT2D eigenvalue weighted by Gasteiger charge is 2.28. The number of hydrogen-bond donors (Lipinski definition) is 0. The number of aromatic nitrogens is 2. The second-order valence-corrected chi connectivity index (χ2v) is 28.9. The summed E-state index contributed by atoms with van der Waals surface area (Å²) in [6.45, 7) is 27.7. The molecule has 0 bridgehead atoms. The smallest absolute Gasteiger partial charge is 0.0626 e. The number of rotatable bonds is 8. The number of benzene rings is 12. The molecule has 0 saturated carbocycles. The molecule has 15 aromatic rings. The molecule has 0 saturated heterocycles. The molecule has 0 aliphatic heterocycles. The van der Waals surface area contributed by atoms with Crippen molar-refractivity contribution in [3.05, 3.63) is 277 Å². The van der Waals surface area contributed by atoms with E-state index in [-0.39, 0.29) is 21.7 Å². The van der Waals surface area contributed by atoms with Gasteiger partial charge in [-0.1, -0.05) is 223 Å². The van der Waals surface area contributed by atoms with E-state index in [9.17, 15) is 0 Å². The zero-order valence-electron chi connectivity index (χ0n) is 53.9. The SMILES string of the molecule is CC(C)(C)c1ccc2c(c1)c1cc(C(C)(C)C)ccc1n2-c1ccc(N(c2cccc(N(c3cccc4ccccc34)c3ccc(-n4c5ccc(C(C)(C)C)cc5c5cc(C(C)(C)C)ccc54)c4ccccc34)c2)c2cccc3ccccc23)c2c#cccc12. The largest absolute Gasteiger partial charge is 0.309 e. The third kappa shape index (κ3) is 9.36. The fourth-order valence-electron chi connectivity index (χ4n) is 14.0. The fraction of sp³-hybridized carbons (Fsp3) is 0.186. The molecule has 0 amide bonds. The summed E-state index contributed by atoms with van der Waals surface area (Å²) in [6, 6.07) is 98.4.